The molecule has 0 unspecified atom stereocenters. The standard InChI is InChI=1S/C20H24N4O/c1-3-13-21-19-17-6-4-5-7-18(17)23-20(24-19)22-14-12-15-8-10-16(25-2)11-9-15/h4-11H,3,12-14H2,1-2H3,(H2,21,22,23,24). The van der Waals surface area contributed by atoms with E-state index >= 15 is 0 Å². The molecule has 1 aromatic heterocycles. The molecular formula is C20H24N4O. The highest BCUT2D eigenvalue weighted by Gasteiger charge is 2.06. The molecule has 130 valence electrons. The molecule has 0 spiro atoms. The van der Waals surface area contributed by atoms with Crippen molar-refractivity contribution in [3.05, 3.63) is 54.1 Å². The number of hydrogen-bond donors (Lipinski definition) is 2. The highest BCUT2D eigenvalue weighted by atomic mass is 16.5. The minimum atomic E-state index is 0.658. The Morgan fingerprint density at radius 2 is 1.72 bits per heavy atom. The molecular weight excluding hydrogens is 312 g/mol. The van der Waals surface area contributed by atoms with Crippen molar-refractivity contribution in [3.63, 3.8) is 0 Å². The van der Waals surface area contributed by atoms with E-state index in [2.05, 4.69) is 45.7 Å². The highest BCUT2D eigenvalue weighted by Crippen LogP contribution is 2.21. The Morgan fingerprint density at radius 1 is 0.920 bits per heavy atom. The average Bonchev–Trinajstić information content (AvgIpc) is 2.66. The van der Waals surface area contributed by atoms with Crippen LogP contribution >= 0.6 is 0 Å². The first-order valence-corrected chi connectivity index (χ1v) is 8.67. The molecule has 0 aliphatic heterocycles. The Kier molecular flexibility index (Phi) is 5.67. The number of para-hydroxylation sites is 1. The number of fused-ring (bicyclic) bond motifs is 1. The van der Waals surface area contributed by atoms with Gasteiger partial charge in [-0.2, -0.15) is 4.98 Å². The molecule has 0 fully saturated rings. The summed E-state index contributed by atoms with van der Waals surface area (Å²) in [6.07, 6.45) is 1.95. The van der Waals surface area contributed by atoms with Crippen molar-refractivity contribution in [3.8, 4) is 5.75 Å². The largest absolute Gasteiger partial charge is 0.497 e. The average molecular weight is 336 g/mol. The van der Waals surface area contributed by atoms with Gasteiger partial charge in [-0.25, -0.2) is 4.98 Å². The van der Waals surface area contributed by atoms with E-state index in [1.54, 1.807) is 7.11 Å². The zero-order chi connectivity index (χ0) is 17.5. The number of nitrogens with one attached hydrogen (secondary N) is 2. The van der Waals surface area contributed by atoms with Crippen molar-refractivity contribution in [1.82, 2.24) is 9.97 Å². The van der Waals surface area contributed by atoms with Crippen molar-refractivity contribution < 1.29 is 4.74 Å². The van der Waals surface area contributed by atoms with Crippen LogP contribution in [0.3, 0.4) is 0 Å². The molecule has 2 aromatic carbocycles. The maximum absolute atomic E-state index is 5.19. The number of hydrogen-bond acceptors (Lipinski definition) is 5. The van der Waals surface area contributed by atoms with Crippen molar-refractivity contribution in [2.24, 2.45) is 0 Å². The molecule has 2 N–H and O–H groups in total. The number of methoxy groups -OCH3 is 1. The fourth-order valence-electron chi connectivity index (χ4n) is 2.64. The van der Waals surface area contributed by atoms with Gasteiger partial charge < -0.3 is 15.4 Å². The van der Waals surface area contributed by atoms with E-state index in [4.69, 9.17) is 4.74 Å². The third-order valence-electron chi connectivity index (χ3n) is 4.00. The van der Waals surface area contributed by atoms with Crippen LogP contribution in [0.1, 0.15) is 18.9 Å². The predicted molar refractivity (Wildman–Crippen MR) is 104 cm³/mol. The number of nitrogens with zero attached hydrogens (tertiary/aromatic N) is 2. The second kappa shape index (κ2) is 8.33. The van der Waals surface area contributed by atoms with Gasteiger partial charge in [0.15, 0.2) is 0 Å². The lowest BCUT2D eigenvalue weighted by molar-refractivity contribution is 0.414. The second-order valence-electron chi connectivity index (χ2n) is 5.86. The lowest BCUT2D eigenvalue weighted by Crippen LogP contribution is -2.10. The lowest BCUT2D eigenvalue weighted by atomic mass is 10.1. The Morgan fingerprint density at radius 3 is 2.48 bits per heavy atom. The SMILES string of the molecule is CCCNc1nc(NCCc2ccc(OC)cc2)nc2ccccc12. The Hall–Kier alpha value is -2.82. The molecule has 0 saturated heterocycles. The summed E-state index contributed by atoms with van der Waals surface area (Å²) in [5, 5.41) is 7.78. The summed E-state index contributed by atoms with van der Waals surface area (Å²) >= 11 is 0. The summed E-state index contributed by atoms with van der Waals surface area (Å²) < 4.78 is 5.19. The number of anilines is 2. The second-order valence-corrected chi connectivity index (χ2v) is 5.86. The molecule has 1 heterocycles. The fraction of sp³-hybridized carbons (Fsp3) is 0.300. The van der Waals surface area contributed by atoms with Crippen LogP contribution < -0.4 is 15.4 Å². The summed E-state index contributed by atoms with van der Waals surface area (Å²) in [4.78, 5) is 9.26. The van der Waals surface area contributed by atoms with Crippen molar-refractivity contribution in [2.45, 2.75) is 19.8 Å². The summed E-state index contributed by atoms with van der Waals surface area (Å²) in [5.41, 5.74) is 2.20. The Bertz CT molecular complexity index is 818. The quantitative estimate of drug-likeness (QED) is 0.648. The van der Waals surface area contributed by atoms with E-state index in [1.165, 1.54) is 5.56 Å². The molecule has 0 aliphatic carbocycles. The number of aromatic nitrogens is 2. The zero-order valence-corrected chi connectivity index (χ0v) is 14.7. The van der Waals surface area contributed by atoms with Crippen LogP contribution in [0.15, 0.2) is 48.5 Å². The number of benzene rings is 2. The monoisotopic (exact) mass is 336 g/mol. The fourth-order valence-corrected chi connectivity index (χ4v) is 2.64. The minimum absolute atomic E-state index is 0.658. The van der Waals surface area contributed by atoms with Gasteiger partial charge in [-0.3, -0.25) is 0 Å². The van der Waals surface area contributed by atoms with Gasteiger partial charge in [0.25, 0.3) is 0 Å². The van der Waals surface area contributed by atoms with Crippen LogP contribution in [0.25, 0.3) is 10.9 Å². The molecule has 5 heteroatoms. The molecule has 0 saturated carbocycles. The van der Waals surface area contributed by atoms with Crippen molar-refractivity contribution >= 4 is 22.7 Å². The Labute approximate surface area is 148 Å². The van der Waals surface area contributed by atoms with Crippen LogP contribution in [-0.2, 0) is 6.42 Å². The molecule has 0 atom stereocenters. The third kappa shape index (κ3) is 4.38. The molecule has 0 amide bonds. The summed E-state index contributed by atoms with van der Waals surface area (Å²) in [7, 11) is 1.68. The van der Waals surface area contributed by atoms with Gasteiger partial charge in [-0.15, -0.1) is 0 Å². The first-order valence-electron chi connectivity index (χ1n) is 8.67. The molecule has 3 aromatic rings. The van der Waals surface area contributed by atoms with Gasteiger partial charge in [0.1, 0.15) is 11.6 Å². The van der Waals surface area contributed by atoms with E-state index in [0.717, 1.165) is 48.4 Å². The lowest BCUT2D eigenvalue weighted by Gasteiger charge is -2.11. The van der Waals surface area contributed by atoms with Crippen LogP contribution in [0.4, 0.5) is 11.8 Å². The van der Waals surface area contributed by atoms with E-state index in [1.807, 2.05) is 30.3 Å². The van der Waals surface area contributed by atoms with Crippen LogP contribution in [-0.4, -0.2) is 30.2 Å². The zero-order valence-electron chi connectivity index (χ0n) is 14.7. The van der Waals surface area contributed by atoms with Crippen molar-refractivity contribution in [2.75, 3.05) is 30.8 Å². The molecule has 0 radical (unpaired) electrons. The van der Waals surface area contributed by atoms with E-state index in [0.29, 0.717) is 5.95 Å². The van der Waals surface area contributed by atoms with Gasteiger partial charge in [0.2, 0.25) is 5.95 Å². The van der Waals surface area contributed by atoms with E-state index < -0.39 is 0 Å². The van der Waals surface area contributed by atoms with Gasteiger partial charge in [0.05, 0.1) is 12.6 Å². The number of rotatable bonds is 8. The van der Waals surface area contributed by atoms with Crippen LogP contribution in [0.2, 0.25) is 0 Å². The first-order chi connectivity index (χ1) is 12.3. The molecule has 3 rings (SSSR count). The first kappa shape index (κ1) is 17.0. The molecule has 25 heavy (non-hydrogen) atoms. The Balaban J connectivity index is 1.69. The summed E-state index contributed by atoms with van der Waals surface area (Å²) in [6.45, 7) is 3.81. The third-order valence-corrected chi connectivity index (χ3v) is 4.00. The summed E-state index contributed by atoms with van der Waals surface area (Å²) in [5.74, 6) is 2.42. The smallest absolute Gasteiger partial charge is 0.225 e. The maximum atomic E-state index is 5.19. The highest BCUT2D eigenvalue weighted by molar-refractivity contribution is 5.89. The topological polar surface area (TPSA) is 59.1 Å². The van der Waals surface area contributed by atoms with E-state index in [-0.39, 0.29) is 0 Å². The molecule has 5 nitrogen and oxygen atoms in total. The predicted octanol–water partition coefficient (Wildman–Crippen LogP) is 4.11. The van der Waals surface area contributed by atoms with Crippen molar-refractivity contribution in [1.29, 1.82) is 0 Å². The van der Waals surface area contributed by atoms with Gasteiger partial charge in [-0.05, 0) is 42.7 Å². The van der Waals surface area contributed by atoms with E-state index in [9.17, 15) is 0 Å². The van der Waals surface area contributed by atoms with Gasteiger partial charge in [0, 0.05) is 18.5 Å². The maximum Gasteiger partial charge on any atom is 0.225 e. The van der Waals surface area contributed by atoms with Crippen LogP contribution in [0.5, 0.6) is 5.75 Å². The number of ether oxygens (including phenoxy) is 1. The van der Waals surface area contributed by atoms with Gasteiger partial charge >= 0.3 is 0 Å². The minimum Gasteiger partial charge on any atom is -0.497 e. The normalized spacial score (nSPS) is 10.6. The van der Waals surface area contributed by atoms with Gasteiger partial charge in [-0.1, -0.05) is 31.2 Å². The summed E-state index contributed by atoms with van der Waals surface area (Å²) in [6, 6.07) is 16.2. The van der Waals surface area contributed by atoms with Crippen LogP contribution in [0, 0.1) is 0 Å². The molecule has 0 aliphatic rings. The molecule has 0 bridgehead atoms.